The maximum Gasteiger partial charge on any atom is 0.254 e. The number of likely N-dealkylation sites (N-methyl/N-ethyl adjacent to an activating group) is 1. The molecule has 0 atom stereocenters. The van der Waals surface area contributed by atoms with Gasteiger partial charge in [-0.2, -0.15) is 0 Å². The Hall–Kier alpha value is -1.50. The van der Waals surface area contributed by atoms with Crippen molar-refractivity contribution < 1.29 is 14.3 Å². The van der Waals surface area contributed by atoms with Crippen LogP contribution in [0.4, 0.5) is 0 Å². The van der Waals surface area contributed by atoms with E-state index in [1.165, 1.54) is 7.11 Å². The lowest BCUT2D eigenvalue weighted by molar-refractivity contribution is -0.129. The molecule has 0 spiro atoms. The van der Waals surface area contributed by atoms with Crippen molar-refractivity contribution in [1.29, 1.82) is 0 Å². The number of ether oxygens (including phenoxy) is 1. The number of hydrogen-bond acceptors (Lipinski definition) is 4. The fourth-order valence-electron chi connectivity index (χ4n) is 2.73. The van der Waals surface area contributed by atoms with Crippen LogP contribution in [0, 0.1) is 0 Å². The summed E-state index contributed by atoms with van der Waals surface area (Å²) >= 11 is 12.3. The summed E-state index contributed by atoms with van der Waals surface area (Å²) in [6.07, 6.45) is 0.810. The van der Waals surface area contributed by atoms with Gasteiger partial charge in [-0.1, -0.05) is 23.2 Å². The predicted octanol–water partition coefficient (Wildman–Crippen LogP) is 2.24. The van der Waals surface area contributed by atoms with Gasteiger partial charge in [0.05, 0.1) is 23.7 Å². The Bertz CT molecular complexity index is 629. The largest absolute Gasteiger partial charge is 0.494 e. The fraction of sp³-hybridized carbons (Fsp3) is 0.529. The van der Waals surface area contributed by atoms with Crippen LogP contribution in [0.5, 0.6) is 5.75 Å². The van der Waals surface area contributed by atoms with E-state index in [4.69, 9.17) is 27.9 Å². The molecule has 8 heteroatoms. The lowest BCUT2D eigenvalue weighted by Crippen LogP contribution is -2.39. The smallest absolute Gasteiger partial charge is 0.254 e. The highest BCUT2D eigenvalue weighted by Gasteiger charge is 2.23. The second-order valence-corrected chi connectivity index (χ2v) is 7.00. The Morgan fingerprint density at radius 3 is 2.32 bits per heavy atom. The number of halogens is 2. The molecule has 1 saturated heterocycles. The van der Waals surface area contributed by atoms with Crippen LogP contribution in [0.1, 0.15) is 16.8 Å². The van der Waals surface area contributed by atoms with Crippen molar-refractivity contribution >= 4 is 35.0 Å². The molecule has 0 aliphatic carbocycles. The molecule has 0 aromatic heterocycles. The van der Waals surface area contributed by atoms with Crippen LogP contribution in [0.3, 0.4) is 0 Å². The molecule has 1 aromatic rings. The molecule has 6 nitrogen and oxygen atoms in total. The molecule has 2 rings (SSSR count). The zero-order chi connectivity index (χ0) is 18.6. The van der Waals surface area contributed by atoms with Gasteiger partial charge >= 0.3 is 0 Å². The van der Waals surface area contributed by atoms with Gasteiger partial charge in [-0.15, -0.1) is 0 Å². The number of hydrogen-bond donors (Lipinski definition) is 0. The first-order valence-corrected chi connectivity index (χ1v) is 8.84. The average Bonchev–Trinajstić information content (AvgIpc) is 2.79. The van der Waals surface area contributed by atoms with Gasteiger partial charge in [0.15, 0.2) is 5.75 Å². The Morgan fingerprint density at radius 1 is 1.12 bits per heavy atom. The molecule has 138 valence electrons. The van der Waals surface area contributed by atoms with Gasteiger partial charge in [-0.05, 0) is 18.6 Å². The summed E-state index contributed by atoms with van der Waals surface area (Å²) in [4.78, 5) is 30.0. The van der Waals surface area contributed by atoms with Crippen molar-refractivity contribution in [2.75, 3.05) is 53.9 Å². The first-order chi connectivity index (χ1) is 11.8. The van der Waals surface area contributed by atoms with E-state index in [0.29, 0.717) is 47.5 Å². The molecule has 0 unspecified atom stereocenters. The molecule has 1 heterocycles. The minimum Gasteiger partial charge on any atom is -0.494 e. The predicted molar refractivity (Wildman–Crippen MR) is 98.7 cm³/mol. The van der Waals surface area contributed by atoms with Crippen LogP contribution < -0.4 is 4.74 Å². The highest BCUT2D eigenvalue weighted by Crippen LogP contribution is 2.34. The van der Waals surface area contributed by atoms with E-state index in [2.05, 4.69) is 4.90 Å². The number of carbonyl (C=O) groups excluding carboxylic acids is 2. The second kappa shape index (κ2) is 8.74. The number of nitrogens with zero attached hydrogens (tertiary/aromatic N) is 3. The normalized spacial score (nSPS) is 15.6. The molecule has 1 aliphatic heterocycles. The summed E-state index contributed by atoms with van der Waals surface area (Å²) in [5.41, 5.74) is 0.439. The standard InChI is InChI=1S/C17H23Cl2N3O3/c1-20(2)15(23)11-21-5-4-6-22(8-7-21)17(24)12-9-13(18)16(25-3)14(19)10-12/h9-10H,4-8,11H2,1-3H3. The molecule has 1 fully saturated rings. The zero-order valence-electron chi connectivity index (χ0n) is 14.7. The molecule has 0 radical (unpaired) electrons. The van der Waals surface area contributed by atoms with Gasteiger partial charge in [0.1, 0.15) is 0 Å². The Balaban J connectivity index is 2.05. The van der Waals surface area contributed by atoms with Crippen molar-refractivity contribution in [3.8, 4) is 5.75 Å². The minimum absolute atomic E-state index is 0.0634. The van der Waals surface area contributed by atoms with Gasteiger partial charge in [0.2, 0.25) is 5.91 Å². The van der Waals surface area contributed by atoms with Gasteiger partial charge in [-0.25, -0.2) is 0 Å². The van der Waals surface area contributed by atoms with Crippen LogP contribution >= 0.6 is 23.2 Å². The highest BCUT2D eigenvalue weighted by atomic mass is 35.5. The maximum atomic E-state index is 12.8. The molecular formula is C17H23Cl2N3O3. The van der Waals surface area contributed by atoms with E-state index < -0.39 is 0 Å². The van der Waals surface area contributed by atoms with Gasteiger partial charge in [0, 0.05) is 45.8 Å². The summed E-state index contributed by atoms with van der Waals surface area (Å²) in [5.74, 6) is 0.310. The third kappa shape index (κ3) is 5.00. The van der Waals surface area contributed by atoms with Crippen LogP contribution in [-0.4, -0.2) is 80.4 Å². The van der Waals surface area contributed by atoms with E-state index in [0.717, 1.165) is 13.0 Å². The first kappa shape index (κ1) is 19.8. The van der Waals surface area contributed by atoms with E-state index in [1.807, 2.05) is 0 Å². The van der Waals surface area contributed by atoms with Crippen LogP contribution in [0.25, 0.3) is 0 Å². The molecule has 25 heavy (non-hydrogen) atoms. The Labute approximate surface area is 158 Å². The number of amides is 2. The summed E-state index contributed by atoms with van der Waals surface area (Å²) in [7, 11) is 4.97. The van der Waals surface area contributed by atoms with Gasteiger partial charge < -0.3 is 14.5 Å². The van der Waals surface area contributed by atoms with Crippen molar-refractivity contribution in [3.63, 3.8) is 0 Å². The van der Waals surface area contributed by atoms with Gasteiger partial charge in [-0.3, -0.25) is 14.5 Å². The second-order valence-electron chi connectivity index (χ2n) is 6.18. The molecule has 1 aliphatic rings. The molecule has 0 saturated carbocycles. The molecule has 1 aromatic carbocycles. The monoisotopic (exact) mass is 387 g/mol. The Morgan fingerprint density at radius 2 is 1.76 bits per heavy atom. The lowest BCUT2D eigenvalue weighted by Gasteiger charge is -2.23. The minimum atomic E-state index is -0.118. The van der Waals surface area contributed by atoms with Crippen LogP contribution in [0.15, 0.2) is 12.1 Å². The van der Waals surface area contributed by atoms with E-state index >= 15 is 0 Å². The maximum absolute atomic E-state index is 12.8. The zero-order valence-corrected chi connectivity index (χ0v) is 16.2. The quantitative estimate of drug-likeness (QED) is 0.794. The van der Waals surface area contributed by atoms with Crippen molar-refractivity contribution in [3.05, 3.63) is 27.7 Å². The molecule has 0 N–H and O–H groups in total. The molecule has 2 amide bonds. The summed E-state index contributed by atoms with van der Waals surface area (Å²) in [6, 6.07) is 3.15. The lowest BCUT2D eigenvalue weighted by atomic mass is 10.2. The van der Waals surface area contributed by atoms with Crippen molar-refractivity contribution in [2.45, 2.75) is 6.42 Å². The Kier molecular flexibility index (Phi) is 6.93. The third-order valence-corrected chi connectivity index (χ3v) is 4.74. The van der Waals surface area contributed by atoms with Crippen molar-refractivity contribution in [1.82, 2.24) is 14.7 Å². The summed E-state index contributed by atoms with van der Waals surface area (Å²) < 4.78 is 5.11. The van der Waals surface area contributed by atoms with E-state index in [9.17, 15) is 9.59 Å². The molecule has 0 bridgehead atoms. The molecular weight excluding hydrogens is 365 g/mol. The van der Waals surface area contributed by atoms with Crippen LogP contribution in [0.2, 0.25) is 10.0 Å². The number of carbonyl (C=O) groups is 2. The van der Waals surface area contributed by atoms with Crippen molar-refractivity contribution in [2.24, 2.45) is 0 Å². The average molecular weight is 388 g/mol. The SMILES string of the molecule is COc1c(Cl)cc(C(=O)N2CCCN(CC(=O)N(C)C)CC2)cc1Cl. The fourth-order valence-corrected chi connectivity index (χ4v) is 3.37. The first-order valence-electron chi connectivity index (χ1n) is 8.08. The topological polar surface area (TPSA) is 53.1 Å². The summed E-state index contributed by atoms with van der Waals surface area (Å²) in [5, 5.41) is 0.623. The van der Waals surface area contributed by atoms with E-state index in [1.54, 1.807) is 36.0 Å². The number of rotatable bonds is 4. The number of methoxy groups -OCH3 is 1. The highest BCUT2D eigenvalue weighted by molar-refractivity contribution is 6.37. The van der Waals surface area contributed by atoms with Crippen LogP contribution in [-0.2, 0) is 4.79 Å². The van der Waals surface area contributed by atoms with E-state index in [-0.39, 0.29) is 11.8 Å². The summed E-state index contributed by atoms with van der Waals surface area (Å²) in [6.45, 7) is 3.00. The number of benzene rings is 1. The van der Waals surface area contributed by atoms with Gasteiger partial charge in [0.25, 0.3) is 5.91 Å². The third-order valence-electron chi connectivity index (χ3n) is 4.18.